The topological polar surface area (TPSA) is 68.2 Å². The fraction of sp³-hybridized carbons (Fsp3) is 0.276. The lowest BCUT2D eigenvalue weighted by Gasteiger charge is -2.26. The minimum atomic E-state index is -0.998. The van der Waals surface area contributed by atoms with Gasteiger partial charge in [0.25, 0.3) is 0 Å². The molecule has 186 valence electrons. The normalized spacial score (nSPS) is 13.5. The van der Waals surface area contributed by atoms with Crippen molar-refractivity contribution in [2.45, 2.75) is 16.7 Å². The van der Waals surface area contributed by atoms with Gasteiger partial charge in [-0.1, -0.05) is 41.8 Å². The number of ether oxygens (including phenoxy) is 3. The lowest BCUT2D eigenvalue weighted by molar-refractivity contribution is -0.139. The highest BCUT2D eigenvalue weighted by Crippen LogP contribution is 2.34. The van der Waals surface area contributed by atoms with Gasteiger partial charge in [-0.05, 0) is 61.0 Å². The van der Waals surface area contributed by atoms with Crippen molar-refractivity contribution in [2.24, 2.45) is 0 Å². The molecule has 0 radical (unpaired) electrons. The number of morpholine rings is 1. The zero-order valence-corrected chi connectivity index (χ0v) is 21.1. The lowest BCUT2D eigenvalue weighted by atomic mass is 10.2. The Bertz CT molecular complexity index is 1230. The van der Waals surface area contributed by atoms with Crippen LogP contribution in [0.5, 0.6) is 11.5 Å². The number of carboxylic acids is 1. The summed E-state index contributed by atoms with van der Waals surface area (Å²) in [5.41, 5.74) is 2.71. The summed E-state index contributed by atoms with van der Waals surface area (Å²) in [6.45, 7) is 6.38. The molecule has 3 aromatic rings. The highest BCUT2D eigenvalue weighted by molar-refractivity contribution is 7.99. The summed E-state index contributed by atoms with van der Waals surface area (Å²) in [7, 11) is 0. The molecule has 0 saturated carbocycles. The molecule has 0 bridgehead atoms. The molecule has 0 atom stereocenters. The van der Waals surface area contributed by atoms with Crippen LogP contribution >= 0.6 is 11.8 Å². The van der Waals surface area contributed by atoms with Crippen molar-refractivity contribution in [3.63, 3.8) is 0 Å². The van der Waals surface area contributed by atoms with Crippen molar-refractivity contribution in [3.05, 3.63) is 83.4 Å². The predicted molar refractivity (Wildman–Crippen MR) is 140 cm³/mol. The SMILES string of the molecule is Cc1cc(Sc2cc(C#Cc3ccccc3)cc(OCCN3CCOCC3)c2)ccc1OCC(=O)O. The molecule has 7 heteroatoms. The van der Waals surface area contributed by atoms with Gasteiger partial charge in [0.2, 0.25) is 0 Å². The van der Waals surface area contributed by atoms with Crippen molar-refractivity contribution >= 4 is 17.7 Å². The van der Waals surface area contributed by atoms with E-state index in [9.17, 15) is 4.79 Å². The van der Waals surface area contributed by atoms with E-state index in [1.165, 1.54) is 0 Å². The van der Waals surface area contributed by atoms with Gasteiger partial charge < -0.3 is 19.3 Å². The van der Waals surface area contributed by atoms with E-state index < -0.39 is 5.97 Å². The summed E-state index contributed by atoms with van der Waals surface area (Å²) in [5, 5.41) is 8.86. The van der Waals surface area contributed by atoms with Gasteiger partial charge in [0.05, 0.1) is 13.2 Å². The number of carboxylic acid groups (broad SMARTS) is 1. The van der Waals surface area contributed by atoms with Crippen LogP contribution in [0.1, 0.15) is 16.7 Å². The third-order valence-electron chi connectivity index (χ3n) is 5.52. The number of hydrogen-bond donors (Lipinski definition) is 1. The first-order valence-electron chi connectivity index (χ1n) is 11.8. The molecule has 1 saturated heterocycles. The van der Waals surface area contributed by atoms with Crippen LogP contribution in [0.25, 0.3) is 0 Å². The smallest absolute Gasteiger partial charge is 0.341 e. The van der Waals surface area contributed by atoms with Crippen LogP contribution in [0.15, 0.2) is 76.5 Å². The summed E-state index contributed by atoms with van der Waals surface area (Å²) in [4.78, 5) is 15.2. The molecular weight excluding hydrogens is 474 g/mol. The second kappa shape index (κ2) is 13.0. The zero-order chi connectivity index (χ0) is 25.2. The minimum Gasteiger partial charge on any atom is -0.492 e. The summed E-state index contributed by atoms with van der Waals surface area (Å²) < 4.78 is 16.9. The molecule has 6 nitrogen and oxygen atoms in total. The van der Waals surface area contributed by atoms with E-state index >= 15 is 0 Å². The Hall–Kier alpha value is -3.44. The number of nitrogens with zero attached hydrogens (tertiary/aromatic N) is 1. The molecule has 1 heterocycles. The van der Waals surface area contributed by atoms with E-state index in [-0.39, 0.29) is 6.61 Å². The number of hydrogen-bond acceptors (Lipinski definition) is 6. The first-order valence-corrected chi connectivity index (χ1v) is 12.6. The van der Waals surface area contributed by atoms with Gasteiger partial charge >= 0.3 is 5.97 Å². The van der Waals surface area contributed by atoms with Crippen LogP contribution in [0, 0.1) is 18.8 Å². The quantitative estimate of drug-likeness (QED) is 0.424. The number of carbonyl (C=O) groups is 1. The van der Waals surface area contributed by atoms with E-state index in [4.69, 9.17) is 19.3 Å². The minimum absolute atomic E-state index is 0.361. The van der Waals surface area contributed by atoms with E-state index in [1.807, 2.05) is 61.5 Å². The van der Waals surface area contributed by atoms with Crippen molar-refractivity contribution < 1.29 is 24.1 Å². The highest BCUT2D eigenvalue weighted by Gasteiger charge is 2.11. The van der Waals surface area contributed by atoms with Gasteiger partial charge in [-0.15, -0.1) is 0 Å². The second-order valence-corrected chi connectivity index (χ2v) is 9.47. The average Bonchev–Trinajstić information content (AvgIpc) is 2.88. The Balaban J connectivity index is 1.50. The van der Waals surface area contributed by atoms with Gasteiger partial charge in [-0.2, -0.15) is 0 Å². The van der Waals surface area contributed by atoms with Gasteiger partial charge in [0.1, 0.15) is 18.1 Å². The van der Waals surface area contributed by atoms with Crippen LogP contribution < -0.4 is 9.47 Å². The fourth-order valence-corrected chi connectivity index (χ4v) is 4.70. The number of rotatable bonds is 9. The maximum absolute atomic E-state index is 10.8. The molecule has 0 spiro atoms. The summed E-state index contributed by atoms with van der Waals surface area (Å²) in [6, 6.07) is 21.7. The Morgan fingerprint density at radius 1 is 0.972 bits per heavy atom. The van der Waals surface area contributed by atoms with Gasteiger partial charge in [0, 0.05) is 40.6 Å². The number of aliphatic carboxylic acids is 1. The largest absolute Gasteiger partial charge is 0.492 e. The van der Waals surface area contributed by atoms with E-state index in [2.05, 4.69) is 22.8 Å². The Kier molecular flexibility index (Phi) is 9.28. The van der Waals surface area contributed by atoms with Crippen molar-refractivity contribution in [1.29, 1.82) is 0 Å². The highest BCUT2D eigenvalue weighted by atomic mass is 32.2. The van der Waals surface area contributed by atoms with Crippen LogP contribution in [0.4, 0.5) is 0 Å². The van der Waals surface area contributed by atoms with Crippen LogP contribution in [0.2, 0.25) is 0 Å². The first-order chi connectivity index (χ1) is 17.5. The molecule has 0 amide bonds. The third kappa shape index (κ3) is 8.06. The second-order valence-electron chi connectivity index (χ2n) is 8.32. The molecule has 0 aliphatic carbocycles. The standard InChI is InChI=1S/C29H29NO5S/c1-22-17-26(9-10-28(22)35-21-29(31)32)36-27-19-24(8-7-23-5-3-2-4-6-23)18-25(20-27)34-16-13-30-11-14-33-15-12-30/h2-6,9-10,17-20H,11-16,21H2,1H3,(H,31,32). The molecule has 3 aromatic carbocycles. The van der Waals surface area contributed by atoms with Gasteiger partial charge in [0.15, 0.2) is 6.61 Å². The summed E-state index contributed by atoms with van der Waals surface area (Å²) in [5.74, 6) is 6.84. The zero-order valence-electron chi connectivity index (χ0n) is 20.2. The number of benzene rings is 3. The number of aryl methyl sites for hydroxylation is 1. The van der Waals surface area contributed by atoms with Crippen LogP contribution in [0.3, 0.4) is 0 Å². The van der Waals surface area contributed by atoms with Gasteiger partial charge in [-0.3, -0.25) is 4.90 Å². The third-order valence-corrected chi connectivity index (χ3v) is 6.48. The molecule has 1 N–H and O–H groups in total. The first kappa shape index (κ1) is 25.6. The lowest BCUT2D eigenvalue weighted by Crippen LogP contribution is -2.38. The molecular formula is C29H29NO5S. The monoisotopic (exact) mass is 503 g/mol. The maximum Gasteiger partial charge on any atom is 0.341 e. The van der Waals surface area contributed by atoms with Crippen molar-refractivity contribution in [1.82, 2.24) is 4.90 Å². The molecule has 0 aromatic heterocycles. The summed E-state index contributed by atoms with van der Waals surface area (Å²) >= 11 is 1.60. The molecule has 1 aliphatic heterocycles. The average molecular weight is 504 g/mol. The van der Waals surface area contributed by atoms with E-state index in [0.29, 0.717) is 12.4 Å². The maximum atomic E-state index is 10.8. The van der Waals surface area contributed by atoms with Crippen LogP contribution in [-0.4, -0.2) is 62.0 Å². The Morgan fingerprint density at radius 3 is 2.50 bits per heavy atom. The van der Waals surface area contributed by atoms with Crippen molar-refractivity contribution in [2.75, 3.05) is 46.1 Å². The van der Waals surface area contributed by atoms with E-state index in [0.717, 1.165) is 65.1 Å². The van der Waals surface area contributed by atoms with E-state index in [1.54, 1.807) is 17.8 Å². The van der Waals surface area contributed by atoms with Crippen LogP contribution in [-0.2, 0) is 9.53 Å². The molecule has 1 aliphatic rings. The van der Waals surface area contributed by atoms with Gasteiger partial charge in [-0.25, -0.2) is 4.79 Å². The Morgan fingerprint density at radius 2 is 1.75 bits per heavy atom. The Labute approximate surface area is 216 Å². The molecule has 0 unspecified atom stereocenters. The summed E-state index contributed by atoms with van der Waals surface area (Å²) in [6.07, 6.45) is 0. The van der Waals surface area contributed by atoms with Crippen molar-refractivity contribution in [3.8, 4) is 23.3 Å². The fourth-order valence-electron chi connectivity index (χ4n) is 3.69. The molecule has 4 rings (SSSR count). The molecule has 36 heavy (non-hydrogen) atoms. The molecule has 1 fully saturated rings. The predicted octanol–water partition coefficient (Wildman–Crippen LogP) is 4.72.